The number of benzene rings is 1. The van der Waals surface area contributed by atoms with Gasteiger partial charge in [-0.25, -0.2) is 4.99 Å². The molecular formula is C22H32N6O. The molecule has 1 aliphatic carbocycles. The minimum atomic E-state index is 0.484. The summed E-state index contributed by atoms with van der Waals surface area (Å²) in [5.74, 6) is 0.745. The average Bonchev–Trinajstić information content (AvgIpc) is 2.71. The van der Waals surface area contributed by atoms with Gasteiger partial charge in [-0.05, 0) is 56.8 Å². The first kappa shape index (κ1) is 19.9. The molecule has 2 fully saturated rings. The van der Waals surface area contributed by atoms with Gasteiger partial charge in [0.1, 0.15) is 0 Å². The zero-order valence-corrected chi connectivity index (χ0v) is 17.2. The summed E-state index contributed by atoms with van der Waals surface area (Å²) in [7, 11) is 0. The maximum absolute atomic E-state index is 8.24. The van der Waals surface area contributed by atoms with E-state index < -0.39 is 0 Å². The van der Waals surface area contributed by atoms with Crippen LogP contribution in [0, 0.1) is 11.3 Å². The lowest BCUT2D eigenvalue weighted by atomic mass is 9.78. The van der Waals surface area contributed by atoms with E-state index in [9.17, 15) is 0 Å². The molecule has 0 unspecified atom stereocenters. The molecule has 0 bridgehead atoms. The fraction of sp³-hybridized carbons (Fsp3) is 0.545. The van der Waals surface area contributed by atoms with Gasteiger partial charge in [-0.1, -0.05) is 0 Å². The first-order chi connectivity index (χ1) is 14.1. The third-order valence-corrected chi connectivity index (χ3v) is 6.05. The van der Waals surface area contributed by atoms with Gasteiger partial charge in [-0.2, -0.15) is 0 Å². The highest BCUT2D eigenvalue weighted by Crippen LogP contribution is 2.34. The molecule has 1 saturated heterocycles. The monoisotopic (exact) mass is 396 g/mol. The Morgan fingerprint density at radius 2 is 2.17 bits per heavy atom. The van der Waals surface area contributed by atoms with Crippen molar-refractivity contribution in [2.24, 2.45) is 16.6 Å². The number of ether oxygens (including phenoxy) is 1. The lowest BCUT2D eigenvalue weighted by Crippen LogP contribution is -2.40. The quantitative estimate of drug-likeness (QED) is 0.531. The number of hydrogen-bond donors (Lipinski definition) is 4. The van der Waals surface area contributed by atoms with E-state index in [1.54, 1.807) is 0 Å². The Labute approximate surface area is 172 Å². The molecule has 4 rings (SSSR count). The highest BCUT2D eigenvalue weighted by Gasteiger charge is 2.27. The van der Waals surface area contributed by atoms with Gasteiger partial charge in [0.2, 0.25) is 0 Å². The molecule has 2 heterocycles. The van der Waals surface area contributed by atoms with Crippen LogP contribution in [0.3, 0.4) is 0 Å². The molecule has 1 aromatic carbocycles. The lowest BCUT2D eigenvalue weighted by molar-refractivity contribution is 0.122. The van der Waals surface area contributed by atoms with Gasteiger partial charge >= 0.3 is 0 Å². The standard InChI is InChI=1S/C22H32N6O/c1-15(24)19(13-25-17-10-16(11-17)4-5-23)22-14-26-20-3-2-18(12-21(20)27-22)28-6-8-29-9-7-28/h2-3,12-13,16-17,24-26H,4-11,14,23H2,1H3/b19-13+,24-15?/t16-,17+. The summed E-state index contributed by atoms with van der Waals surface area (Å²) in [6.45, 7) is 6.58. The molecule has 0 aromatic heterocycles. The van der Waals surface area contributed by atoms with Crippen molar-refractivity contribution in [3.8, 4) is 0 Å². The number of nitrogens with zero attached hydrogens (tertiary/aromatic N) is 2. The van der Waals surface area contributed by atoms with Gasteiger partial charge in [0.05, 0.1) is 36.8 Å². The Kier molecular flexibility index (Phi) is 6.16. The molecule has 0 spiro atoms. The number of hydrogen-bond acceptors (Lipinski definition) is 7. The van der Waals surface area contributed by atoms with Crippen molar-refractivity contribution in [2.75, 3.05) is 49.6 Å². The van der Waals surface area contributed by atoms with Gasteiger partial charge in [0.15, 0.2) is 0 Å². The van der Waals surface area contributed by atoms with Crippen molar-refractivity contribution in [3.05, 3.63) is 30.0 Å². The van der Waals surface area contributed by atoms with Crippen LogP contribution in [0.4, 0.5) is 17.1 Å². The number of nitrogens with two attached hydrogens (primary N) is 1. The summed E-state index contributed by atoms with van der Waals surface area (Å²) >= 11 is 0. The molecule has 0 atom stereocenters. The Morgan fingerprint density at radius 1 is 1.38 bits per heavy atom. The van der Waals surface area contributed by atoms with Crippen molar-refractivity contribution >= 4 is 28.5 Å². The highest BCUT2D eigenvalue weighted by molar-refractivity contribution is 6.25. The van der Waals surface area contributed by atoms with Crippen LogP contribution in [0.25, 0.3) is 0 Å². The summed E-state index contributed by atoms with van der Waals surface area (Å²) in [5, 5.41) is 15.2. The largest absolute Gasteiger partial charge is 0.388 e. The predicted octanol–water partition coefficient (Wildman–Crippen LogP) is 2.66. The van der Waals surface area contributed by atoms with Gasteiger partial charge in [0.25, 0.3) is 0 Å². The van der Waals surface area contributed by atoms with E-state index in [0.29, 0.717) is 18.3 Å². The summed E-state index contributed by atoms with van der Waals surface area (Å²) in [4.78, 5) is 7.25. The first-order valence-electron chi connectivity index (χ1n) is 10.6. The summed E-state index contributed by atoms with van der Waals surface area (Å²) in [6, 6.07) is 6.87. The third kappa shape index (κ3) is 4.62. The van der Waals surface area contributed by atoms with E-state index in [0.717, 1.165) is 80.7 Å². The Balaban J connectivity index is 1.49. The fourth-order valence-corrected chi connectivity index (χ4v) is 4.25. The number of rotatable bonds is 7. The number of nitrogens with one attached hydrogen (secondary N) is 3. The lowest BCUT2D eigenvalue weighted by Gasteiger charge is -2.35. The fourth-order valence-electron chi connectivity index (χ4n) is 4.25. The van der Waals surface area contributed by atoms with E-state index in [1.807, 2.05) is 13.1 Å². The van der Waals surface area contributed by atoms with Crippen molar-refractivity contribution in [2.45, 2.75) is 32.2 Å². The van der Waals surface area contributed by atoms with E-state index in [4.69, 9.17) is 20.9 Å². The summed E-state index contributed by atoms with van der Waals surface area (Å²) < 4.78 is 5.46. The molecule has 1 aromatic rings. The molecule has 7 heteroatoms. The number of fused-ring (bicyclic) bond motifs is 1. The normalized spacial score (nSPS) is 24.1. The van der Waals surface area contributed by atoms with Gasteiger partial charge in [0, 0.05) is 42.3 Å². The van der Waals surface area contributed by atoms with E-state index in [1.165, 1.54) is 5.69 Å². The van der Waals surface area contributed by atoms with Gasteiger partial charge in [-0.15, -0.1) is 0 Å². The van der Waals surface area contributed by atoms with E-state index in [2.05, 4.69) is 33.7 Å². The molecule has 5 N–H and O–H groups in total. The second-order valence-electron chi connectivity index (χ2n) is 8.17. The SMILES string of the molecule is CC(=N)/C(=C\N[C@H]1C[C@@H](CCN)C1)C1=Nc2cc(N3CCOCC3)ccc2NC1. The van der Waals surface area contributed by atoms with Crippen LogP contribution in [-0.2, 0) is 4.74 Å². The number of anilines is 2. The van der Waals surface area contributed by atoms with Crippen LogP contribution in [-0.4, -0.2) is 56.9 Å². The van der Waals surface area contributed by atoms with Crippen LogP contribution in [0.5, 0.6) is 0 Å². The van der Waals surface area contributed by atoms with Crippen molar-refractivity contribution < 1.29 is 4.74 Å². The highest BCUT2D eigenvalue weighted by atomic mass is 16.5. The van der Waals surface area contributed by atoms with Gasteiger partial charge < -0.3 is 31.4 Å². The minimum Gasteiger partial charge on any atom is -0.388 e. The van der Waals surface area contributed by atoms with Crippen molar-refractivity contribution in [1.29, 1.82) is 5.41 Å². The van der Waals surface area contributed by atoms with Crippen LogP contribution < -0.4 is 21.3 Å². The van der Waals surface area contributed by atoms with Crippen molar-refractivity contribution in [3.63, 3.8) is 0 Å². The van der Waals surface area contributed by atoms with Crippen LogP contribution in [0.1, 0.15) is 26.2 Å². The zero-order valence-electron chi connectivity index (χ0n) is 17.2. The van der Waals surface area contributed by atoms with Crippen molar-refractivity contribution in [1.82, 2.24) is 5.32 Å². The zero-order chi connectivity index (χ0) is 20.2. The molecule has 3 aliphatic rings. The molecular weight excluding hydrogens is 364 g/mol. The third-order valence-electron chi connectivity index (χ3n) is 6.05. The molecule has 2 aliphatic heterocycles. The van der Waals surface area contributed by atoms with E-state index >= 15 is 0 Å². The Hall–Kier alpha value is -2.38. The summed E-state index contributed by atoms with van der Waals surface area (Å²) in [6.07, 6.45) is 5.42. The maximum Gasteiger partial charge on any atom is 0.0886 e. The predicted molar refractivity (Wildman–Crippen MR) is 120 cm³/mol. The molecule has 7 nitrogen and oxygen atoms in total. The molecule has 1 saturated carbocycles. The summed E-state index contributed by atoms with van der Waals surface area (Å²) in [5.41, 5.74) is 11.1. The van der Waals surface area contributed by atoms with Crippen LogP contribution in [0.15, 0.2) is 35.0 Å². The maximum atomic E-state index is 8.24. The molecule has 0 radical (unpaired) electrons. The second kappa shape index (κ2) is 8.97. The second-order valence-corrected chi connectivity index (χ2v) is 8.17. The smallest absolute Gasteiger partial charge is 0.0886 e. The molecule has 0 amide bonds. The first-order valence-corrected chi connectivity index (χ1v) is 10.6. The average molecular weight is 397 g/mol. The van der Waals surface area contributed by atoms with Gasteiger partial charge in [-0.3, -0.25) is 0 Å². The molecule has 29 heavy (non-hydrogen) atoms. The Morgan fingerprint density at radius 3 is 2.90 bits per heavy atom. The molecule has 156 valence electrons. The van der Waals surface area contributed by atoms with Crippen LogP contribution in [0.2, 0.25) is 0 Å². The minimum absolute atomic E-state index is 0.484. The number of morpholine rings is 1. The Bertz CT molecular complexity index is 806. The van der Waals surface area contributed by atoms with Crippen LogP contribution >= 0.6 is 0 Å². The van der Waals surface area contributed by atoms with E-state index in [-0.39, 0.29) is 0 Å². The topological polar surface area (TPSA) is 98.8 Å². The number of aliphatic imine (C=N–C) groups is 1.